The number of fused-ring (bicyclic) bond motifs is 1. The molecule has 1 saturated heterocycles. The number of aromatic nitrogens is 1. The highest BCUT2D eigenvalue weighted by Crippen LogP contribution is 2.32. The van der Waals surface area contributed by atoms with Crippen molar-refractivity contribution in [3.8, 4) is 0 Å². The fraction of sp³-hybridized carbons (Fsp3) is 0.318. The Labute approximate surface area is 196 Å². The van der Waals surface area contributed by atoms with E-state index in [9.17, 15) is 18.0 Å². The number of amides is 2. The largest absolute Gasteiger partial charge is 0.440 e. The maximum atomic E-state index is 13.3. The number of rotatable bonds is 5. The van der Waals surface area contributed by atoms with Crippen molar-refractivity contribution in [1.29, 1.82) is 0 Å². The Morgan fingerprint density at radius 1 is 1.15 bits per heavy atom. The van der Waals surface area contributed by atoms with Gasteiger partial charge < -0.3 is 14.6 Å². The second-order valence-corrected chi connectivity index (χ2v) is 10.2. The first-order valence-electron chi connectivity index (χ1n) is 10.3. The SMILES string of the molecule is CC(=O)Nc1ccc(NS(C)(=O)=O)c(C(=O)N2CCC(c3nc4cc(Cl)ccc4o3)CC2)c1. The summed E-state index contributed by atoms with van der Waals surface area (Å²) < 4.78 is 31.8. The molecule has 9 nitrogen and oxygen atoms in total. The molecular weight excluding hydrogens is 468 g/mol. The molecule has 11 heteroatoms. The Morgan fingerprint density at radius 3 is 2.55 bits per heavy atom. The highest BCUT2D eigenvalue weighted by molar-refractivity contribution is 7.92. The number of hydrogen-bond acceptors (Lipinski definition) is 6. The van der Waals surface area contributed by atoms with Crippen LogP contribution >= 0.6 is 11.6 Å². The first-order valence-corrected chi connectivity index (χ1v) is 12.6. The Balaban J connectivity index is 1.52. The molecule has 2 amide bonds. The van der Waals surface area contributed by atoms with Crippen molar-refractivity contribution in [2.24, 2.45) is 0 Å². The summed E-state index contributed by atoms with van der Waals surface area (Å²) in [6.45, 7) is 2.26. The van der Waals surface area contributed by atoms with Gasteiger partial charge in [0.1, 0.15) is 5.52 Å². The minimum atomic E-state index is -3.60. The quantitative estimate of drug-likeness (QED) is 0.560. The summed E-state index contributed by atoms with van der Waals surface area (Å²) in [4.78, 5) is 30.9. The number of likely N-dealkylation sites (tertiary alicyclic amines) is 1. The first kappa shape index (κ1) is 23.1. The molecule has 1 aliphatic rings. The minimum Gasteiger partial charge on any atom is -0.440 e. The molecule has 2 aromatic carbocycles. The topological polar surface area (TPSA) is 122 Å². The van der Waals surface area contributed by atoms with E-state index in [2.05, 4.69) is 15.0 Å². The number of carbonyl (C=O) groups excluding carboxylic acids is 2. The van der Waals surface area contributed by atoms with Gasteiger partial charge in [-0.1, -0.05) is 11.6 Å². The van der Waals surface area contributed by atoms with Crippen molar-refractivity contribution < 1.29 is 22.4 Å². The van der Waals surface area contributed by atoms with Crippen LogP contribution in [0.4, 0.5) is 11.4 Å². The van der Waals surface area contributed by atoms with Gasteiger partial charge in [0.25, 0.3) is 5.91 Å². The van der Waals surface area contributed by atoms with Gasteiger partial charge in [-0.15, -0.1) is 0 Å². The van der Waals surface area contributed by atoms with Gasteiger partial charge in [-0.25, -0.2) is 13.4 Å². The van der Waals surface area contributed by atoms with Gasteiger partial charge in [-0.05, 0) is 49.2 Å². The maximum absolute atomic E-state index is 13.3. The van der Waals surface area contributed by atoms with Crippen LogP contribution in [0.1, 0.15) is 41.9 Å². The van der Waals surface area contributed by atoms with Crippen LogP contribution in [0.2, 0.25) is 5.02 Å². The van der Waals surface area contributed by atoms with Gasteiger partial charge >= 0.3 is 0 Å². The van der Waals surface area contributed by atoms with Crippen LogP contribution in [0.3, 0.4) is 0 Å². The lowest BCUT2D eigenvalue weighted by Gasteiger charge is -2.31. The number of oxazole rings is 1. The van der Waals surface area contributed by atoms with Crippen molar-refractivity contribution in [3.05, 3.63) is 52.9 Å². The first-order chi connectivity index (χ1) is 15.6. The average Bonchev–Trinajstić information content (AvgIpc) is 3.16. The van der Waals surface area contributed by atoms with Gasteiger partial charge in [0.2, 0.25) is 15.9 Å². The van der Waals surface area contributed by atoms with Gasteiger partial charge in [0.15, 0.2) is 11.5 Å². The molecule has 1 aromatic heterocycles. The summed E-state index contributed by atoms with van der Waals surface area (Å²) >= 11 is 6.03. The van der Waals surface area contributed by atoms with E-state index in [1.54, 1.807) is 23.1 Å². The molecule has 1 aliphatic heterocycles. The van der Waals surface area contributed by atoms with Crippen molar-refractivity contribution in [2.45, 2.75) is 25.7 Å². The Hall–Kier alpha value is -3.11. The summed E-state index contributed by atoms with van der Waals surface area (Å²) in [5.41, 5.74) is 2.10. The highest BCUT2D eigenvalue weighted by atomic mass is 35.5. The van der Waals surface area contributed by atoms with E-state index in [1.165, 1.54) is 25.1 Å². The molecule has 3 aromatic rings. The summed E-state index contributed by atoms with van der Waals surface area (Å²) in [7, 11) is -3.60. The van der Waals surface area contributed by atoms with Crippen LogP contribution in [-0.4, -0.2) is 49.5 Å². The lowest BCUT2D eigenvalue weighted by Crippen LogP contribution is -2.38. The van der Waals surface area contributed by atoms with Crippen LogP contribution in [-0.2, 0) is 14.8 Å². The molecule has 0 unspecified atom stereocenters. The van der Waals surface area contributed by atoms with E-state index in [-0.39, 0.29) is 29.0 Å². The zero-order valence-electron chi connectivity index (χ0n) is 18.1. The lowest BCUT2D eigenvalue weighted by atomic mass is 9.96. The second-order valence-electron chi connectivity index (χ2n) is 8.05. The molecule has 0 radical (unpaired) electrons. The zero-order chi connectivity index (χ0) is 23.8. The third-order valence-electron chi connectivity index (χ3n) is 5.36. The van der Waals surface area contributed by atoms with Gasteiger partial charge in [-0.3, -0.25) is 14.3 Å². The second kappa shape index (κ2) is 9.03. The number of anilines is 2. The maximum Gasteiger partial charge on any atom is 0.256 e. The number of sulfonamides is 1. The van der Waals surface area contributed by atoms with Gasteiger partial charge in [0.05, 0.1) is 17.5 Å². The number of halogens is 1. The number of piperidine rings is 1. The summed E-state index contributed by atoms with van der Waals surface area (Å²) in [5, 5.41) is 3.21. The molecule has 174 valence electrons. The van der Waals surface area contributed by atoms with Crippen LogP contribution in [0.5, 0.6) is 0 Å². The fourth-order valence-corrected chi connectivity index (χ4v) is 4.63. The number of nitrogens with one attached hydrogen (secondary N) is 2. The van der Waals surface area contributed by atoms with E-state index in [0.717, 1.165) is 6.26 Å². The summed E-state index contributed by atoms with van der Waals surface area (Å²) in [5.74, 6) is 0.0554. The van der Waals surface area contributed by atoms with Crippen molar-refractivity contribution in [1.82, 2.24) is 9.88 Å². The van der Waals surface area contributed by atoms with E-state index in [4.69, 9.17) is 16.0 Å². The highest BCUT2D eigenvalue weighted by Gasteiger charge is 2.29. The lowest BCUT2D eigenvalue weighted by molar-refractivity contribution is -0.114. The Bertz CT molecular complexity index is 1330. The van der Waals surface area contributed by atoms with Crippen LogP contribution < -0.4 is 10.0 Å². The van der Waals surface area contributed by atoms with Gasteiger partial charge in [0, 0.05) is 36.6 Å². The molecule has 2 heterocycles. The molecule has 2 N–H and O–H groups in total. The van der Waals surface area contributed by atoms with E-state index >= 15 is 0 Å². The molecular formula is C22H23ClN4O5S. The Morgan fingerprint density at radius 2 is 1.88 bits per heavy atom. The monoisotopic (exact) mass is 490 g/mol. The van der Waals surface area contributed by atoms with Gasteiger partial charge in [-0.2, -0.15) is 0 Å². The number of hydrogen-bond donors (Lipinski definition) is 2. The third kappa shape index (κ3) is 5.45. The van der Waals surface area contributed by atoms with E-state index < -0.39 is 10.0 Å². The Kier molecular flexibility index (Phi) is 6.31. The molecule has 4 rings (SSSR count). The molecule has 0 spiro atoms. The van der Waals surface area contributed by atoms with Crippen molar-refractivity contribution >= 4 is 55.9 Å². The predicted molar refractivity (Wildman–Crippen MR) is 126 cm³/mol. The molecule has 1 fully saturated rings. The van der Waals surface area contributed by atoms with Crippen LogP contribution in [0.15, 0.2) is 40.8 Å². The van der Waals surface area contributed by atoms with E-state index in [0.29, 0.717) is 53.6 Å². The summed E-state index contributed by atoms with van der Waals surface area (Å²) in [6.07, 6.45) is 2.31. The number of benzene rings is 2. The minimum absolute atomic E-state index is 0.0551. The molecule has 0 atom stereocenters. The van der Waals surface area contributed by atoms with Crippen molar-refractivity contribution in [3.63, 3.8) is 0 Å². The normalized spacial score (nSPS) is 14.9. The number of carbonyl (C=O) groups is 2. The standard InChI is InChI=1S/C22H23ClN4O5S/c1-13(28)24-16-4-5-18(26-33(2,30)31)17(12-16)22(29)27-9-7-14(8-10-27)21-25-19-11-15(23)3-6-20(19)32-21/h3-6,11-12,14,26H,7-10H2,1-2H3,(H,24,28). The zero-order valence-corrected chi connectivity index (χ0v) is 19.7. The smallest absolute Gasteiger partial charge is 0.256 e. The molecule has 0 aliphatic carbocycles. The van der Waals surface area contributed by atoms with Crippen LogP contribution in [0.25, 0.3) is 11.1 Å². The molecule has 33 heavy (non-hydrogen) atoms. The summed E-state index contributed by atoms with van der Waals surface area (Å²) in [6, 6.07) is 9.77. The predicted octanol–water partition coefficient (Wildman–Crippen LogP) is 3.83. The molecule has 0 bridgehead atoms. The van der Waals surface area contributed by atoms with Crippen molar-refractivity contribution in [2.75, 3.05) is 29.4 Å². The molecule has 0 saturated carbocycles. The average molecular weight is 491 g/mol. The van der Waals surface area contributed by atoms with Crippen LogP contribution in [0, 0.1) is 0 Å². The fourth-order valence-electron chi connectivity index (χ4n) is 3.88. The number of nitrogens with zero attached hydrogens (tertiary/aromatic N) is 2. The van der Waals surface area contributed by atoms with E-state index in [1.807, 2.05) is 0 Å². The third-order valence-corrected chi connectivity index (χ3v) is 6.19.